The molecule has 7 heteroatoms. The molecule has 0 fully saturated rings. The van der Waals surface area contributed by atoms with Gasteiger partial charge < -0.3 is 4.74 Å². The van der Waals surface area contributed by atoms with Crippen molar-refractivity contribution in [2.24, 2.45) is 0 Å². The van der Waals surface area contributed by atoms with E-state index in [9.17, 15) is 18.0 Å². The zero-order valence-electron chi connectivity index (χ0n) is 9.93. The molecule has 0 N–H and O–H groups in total. The first-order chi connectivity index (χ1) is 8.74. The maximum atomic E-state index is 12.6. The molecule has 0 heterocycles. The number of benzene rings is 1. The molecule has 0 saturated heterocycles. The van der Waals surface area contributed by atoms with Crippen molar-refractivity contribution in [1.82, 2.24) is 0 Å². The van der Waals surface area contributed by atoms with Gasteiger partial charge in [-0.3, -0.25) is 4.79 Å². The lowest BCUT2D eigenvalue weighted by Crippen LogP contribution is -2.20. The molecule has 1 rings (SSSR count). The van der Waals surface area contributed by atoms with E-state index in [-0.39, 0.29) is 13.0 Å². The molecule has 0 aliphatic heterocycles. The smallest absolute Gasteiger partial charge is 0.416 e. The first kappa shape index (κ1) is 16.5. The normalized spacial score (nSPS) is 13.2. The molecule has 1 atom stereocenters. The molecular formula is C12H11Br2F3O2. The van der Waals surface area contributed by atoms with E-state index in [0.29, 0.717) is 10.0 Å². The second-order valence-electron chi connectivity index (χ2n) is 3.77. The molecule has 2 nitrogen and oxygen atoms in total. The zero-order valence-corrected chi connectivity index (χ0v) is 13.1. The van der Waals surface area contributed by atoms with E-state index in [1.165, 1.54) is 0 Å². The van der Waals surface area contributed by atoms with Crippen LogP contribution < -0.4 is 0 Å². The average Bonchev–Trinajstić information content (AvgIpc) is 2.27. The van der Waals surface area contributed by atoms with Crippen LogP contribution in [0.15, 0.2) is 22.7 Å². The molecule has 0 aromatic heterocycles. The first-order valence-electron chi connectivity index (χ1n) is 5.41. The maximum absolute atomic E-state index is 12.6. The third-order valence-electron chi connectivity index (χ3n) is 2.24. The van der Waals surface area contributed by atoms with E-state index in [1.807, 2.05) is 0 Å². The highest BCUT2D eigenvalue weighted by atomic mass is 79.9. The van der Waals surface area contributed by atoms with Crippen LogP contribution in [0, 0.1) is 0 Å². The van der Waals surface area contributed by atoms with Crippen LogP contribution in [-0.2, 0) is 22.1 Å². The summed E-state index contributed by atoms with van der Waals surface area (Å²) in [7, 11) is 0. The van der Waals surface area contributed by atoms with E-state index < -0.39 is 22.5 Å². The van der Waals surface area contributed by atoms with E-state index >= 15 is 0 Å². The number of carbonyl (C=O) groups excluding carboxylic acids is 1. The summed E-state index contributed by atoms with van der Waals surface area (Å²) < 4.78 is 43.0. The van der Waals surface area contributed by atoms with Gasteiger partial charge in [0.2, 0.25) is 0 Å². The van der Waals surface area contributed by atoms with Crippen LogP contribution in [-0.4, -0.2) is 17.4 Å². The Bertz CT molecular complexity index is 461. The van der Waals surface area contributed by atoms with E-state index in [1.54, 1.807) is 13.0 Å². The van der Waals surface area contributed by atoms with Gasteiger partial charge in [-0.25, -0.2) is 0 Å². The zero-order chi connectivity index (χ0) is 14.6. The highest BCUT2D eigenvalue weighted by Crippen LogP contribution is 2.32. The standard InChI is InChI=1S/C12H11Br2F3O2/c1-2-19-11(18)10(14)5-7-3-8(12(15,16)17)6-9(13)4-7/h3-4,6,10H,2,5H2,1H3. The summed E-state index contributed by atoms with van der Waals surface area (Å²) in [6.45, 7) is 1.89. The fourth-order valence-corrected chi connectivity index (χ4v) is 2.50. The Hall–Kier alpha value is -0.560. The molecule has 19 heavy (non-hydrogen) atoms. The predicted octanol–water partition coefficient (Wildman–Crippen LogP) is 4.34. The summed E-state index contributed by atoms with van der Waals surface area (Å²) in [5.41, 5.74) is -0.350. The monoisotopic (exact) mass is 402 g/mol. The topological polar surface area (TPSA) is 26.3 Å². The summed E-state index contributed by atoms with van der Waals surface area (Å²) in [6.07, 6.45) is -4.29. The quantitative estimate of drug-likeness (QED) is 0.552. The van der Waals surface area contributed by atoms with Gasteiger partial charge in [-0.05, 0) is 37.1 Å². The lowest BCUT2D eigenvalue weighted by atomic mass is 10.1. The number of hydrogen-bond acceptors (Lipinski definition) is 2. The van der Waals surface area contributed by atoms with E-state index in [2.05, 4.69) is 31.9 Å². The Morgan fingerprint density at radius 2 is 2.00 bits per heavy atom. The lowest BCUT2D eigenvalue weighted by Gasteiger charge is -2.12. The summed E-state index contributed by atoms with van der Waals surface area (Å²) in [5, 5.41) is 0. The third kappa shape index (κ3) is 5.14. The highest BCUT2D eigenvalue weighted by Gasteiger charge is 2.31. The molecule has 1 aromatic carbocycles. The number of halogens is 5. The van der Waals surface area contributed by atoms with Crippen molar-refractivity contribution in [3.63, 3.8) is 0 Å². The number of alkyl halides is 4. The Morgan fingerprint density at radius 3 is 2.53 bits per heavy atom. The first-order valence-corrected chi connectivity index (χ1v) is 7.12. The number of ether oxygens (including phenoxy) is 1. The Labute approximate surface area is 125 Å². The van der Waals surface area contributed by atoms with Gasteiger partial charge in [-0.15, -0.1) is 0 Å². The minimum absolute atomic E-state index is 0.126. The predicted molar refractivity (Wildman–Crippen MR) is 72.2 cm³/mol. The van der Waals surface area contributed by atoms with Gasteiger partial charge in [0.05, 0.1) is 12.2 Å². The van der Waals surface area contributed by atoms with E-state index in [4.69, 9.17) is 4.74 Å². The molecule has 106 valence electrons. The summed E-state index contributed by atoms with van der Waals surface area (Å²) in [6, 6.07) is 3.57. The van der Waals surface area contributed by atoms with E-state index in [0.717, 1.165) is 12.1 Å². The van der Waals surface area contributed by atoms with Crippen LogP contribution in [0.3, 0.4) is 0 Å². The van der Waals surface area contributed by atoms with Gasteiger partial charge in [0, 0.05) is 4.47 Å². The maximum Gasteiger partial charge on any atom is 0.416 e. The molecule has 0 amide bonds. The molecule has 1 unspecified atom stereocenters. The minimum Gasteiger partial charge on any atom is -0.465 e. The van der Waals surface area contributed by atoms with Crippen molar-refractivity contribution in [1.29, 1.82) is 0 Å². The van der Waals surface area contributed by atoms with Crippen molar-refractivity contribution >= 4 is 37.8 Å². The lowest BCUT2D eigenvalue weighted by molar-refractivity contribution is -0.142. The molecule has 1 aromatic rings. The van der Waals surface area contributed by atoms with Crippen molar-refractivity contribution in [2.45, 2.75) is 24.3 Å². The van der Waals surface area contributed by atoms with Gasteiger partial charge in [-0.2, -0.15) is 13.2 Å². The number of carbonyl (C=O) groups is 1. The second kappa shape index (κ2) is 6.74. The van der Waals surface area contributed by atoms with Crippen LogP contribution in [0.4, 0.5) is 13.2 Å². The molecular weight excluding hydrogens is 393 g/mol. The molecule has 0 aliphatic carbocycles. The molecule has 0 radical (unpaired) electrons. The van der Waals surface area contributed by atoms with Gasteiger partial charge in [0.15, 0.2) is 0 Å². The highest BCUT2D eigenvalue weighted by molar-refractivity contribution is 9.10. The number of rotatable bonds is 4. The summed E-state index contributed by atoms with van der Waals surface area (Å²) in [5.74, 6) is -0.490. The van der Waals surface area contributed by atoms with Crippen molar-refractivity contribution in [2.75, 3.05) is 6.61 Å². The average molecular weight is 404 g/mol. The molecule has 0 spiro atoms. The van der Waals surface area contributed by atoms with Crippen molar-refractivity contribution in [3.05, 3.63) is 33.8 Å². The van der Waals surface area contributed by atoms with Crippen LogP contribution in [0.5, 0.6) is 0 Å². The van der Waals surface area contributed by atoms with Crippen LogP contribution in [0.2, 0.25) is 0 Å². The fourth-order valence-electron chi connectivity index (χ4n) is 1.45. The Balaban J connectivity index is 2.90. The fraction of sp³-hybridized carbons (Fsp3) is 0.417. The SMILES string of the molecule is CCOC(=O)C(Br)Cc1cc(Br)cc(C(F)(F)F)c1. The summed E-state index contributed by atoms with van der Waals surface area (Å²) in [4.78, 5) is 10.7. The molecule has 0 aliphatic rings. The van der Waals surface area contributed by atoms with Gasteiger partial charge in [-0.1, -0.05) is 31.9 Å². The van der Waals surface area contributed by atoms with Crippen molar-refractivity contribution in [3.8, 4) is 0 Å². The third-order valence-corrected chi connectivity index (χ3v) is 3.40. The van der Waals surface area contributed by atoms with Crippen LogP contribution in [0.25, 0.3) is 0 Å². The summed E-state index contributed by atoms with van der Waals surface area (Å²) >= 11 is 6.14. The minimum atomic E-state index is -4.41. The molecule has 0 bridgehead atoms. The largest absolute Gasteiger partial charge is 0.465 e. The second-order valence-corrected chi connectivity index (χ2v) is 5.79. The number of esters is 1. The Morgan fingerprint density at radius 1 is 1.37 bits per heavy atom. The number of hydrogen-bond donors (Lipinski definition) is 0. The van der Waals surface area contributed by atoms with Gasteiger partial charge >= 0.3 is 12.1 Å². The van der Waals surface area contributed by atoms with Gasteiger partial charge in [0.25, 0.3) is 0 Å². The Kier molecular flexibility index (Phi) is 5.85. The van der Waals surface area contributed by atoms with Crippen molar-refractivity contribution < 1.29 is 22.7 Å². The molecule has 0 saturated carbocycles. The van der Waals surface area contributed by atoms with Crippen LogP contribution in [0.1, 0.15) is 18.1 Å². The van der Waals surface area contributed by atoms with Gasteiger partial charge in [0.1, 0.15) is 4.83 Å². The van der Waals surface area contributed by atoms with Crippen LogP contribution >= 0.6 is 31.9 Å².